The summed E-state index contributed by atoms with van der Waals surface area (Å²) < 4.78 is 0. The first kappa shape index (κ1) is 12.3. The summed E-state index contributed by atoms with van der Waals surface area (Å²) in [5, 5.41) is 2.19. The third-order valence-corrected chi connectivity index (χ3v) is 3.34. The molecule has 1 aromatic carbocycles. The first-order chi connectivity index (χ1) is 6.86. The van der Waals surface area contributed by atoms with Gasteiger partial charge in [-0.15, -0.1) is 0 Å². The molecule has 78 valence electrons. The minimum atomic E-state index is 1.10. The zero-order chi connectivity index (χ0) is 10.2. The highest BCUT2D eigenvalue weighted by Crippen LogP contribution is 2.09. The van der Waals surface area contributed by atoms with E-state index in [0.29, 0.717) is 0 Å². The van der Waals surface area contributed by atoms with E-state index in [1.165, 1.54) is 36.8 Å². The molecule has 14 heavy (non-hydrogen) atoms. The topological polar surface area (TPSA) is 0 Å². The van der Waals surface area contributed by atoms with E-state index in [-0.39, 0.29) is 0 Å². The van der Waals surface area contributed by atoms with Crippen molar-refractivity contribution >= 4 is 31.9 Å². The Morgan fingerprint density at radius 2 is 1.07 bits per heavy atom. The number of aryl methyl sites for hydroxylation is 2. The van der Waals surface area contributed by atoms with E-state index < -0.39 is 0 Å². The summed E-state index contributed by atoms with van der Waals surface area (Å²) in [6.45, 7) is 0. The Hall–Kier alpha value is 0.180. The van der Waals surface area contributed by atoms with Crippen LogP contribution in [0.15, 0.2) is 24.3 Å². The fourth-order valence-electron chi connectivity index (χ4n) is 1.41. The highest BCUT2D eigenvalue weighted by atomic mass is 79.9. The molecule has 0 atom stereocenters. The molecule has 0 amide bonds. The minimum absolute atomic E-state index is 1.10. The van der Waals surface area contributed by atoms with Gasteiger partial charge in [0.25, 0.3) is 0 Å². The maximum absolute atomic E-state index is 3.45. The van der Waals surface area contributed by atoms with Gasteiger partial charge in [0.05, 0.1) is 0 Å². The van der Waals surface area contributed by atoms with Crippen LogP contribution in [0.4, 0.5) is 0 Å². The zero-order valence-electron chi connectivity index (χ0n) is 8.31. The lowest BCUT2D eigenvalue weighted by Gasteiger charge is -2.02. The van der Waals surface area contributed by atoms with Crippen molar-refractivity contribution < 1.29 is 0 Å². The molecule has 0 nitrogen and oxygen atoms in total. The summed E-state index contributed by atoms with van der Waals surface area (Å²) in [6, 6.07) is 9.02. The smallest absolute Gasteiger partial charge is 0.00344 e. The molecule has 0 aliphatic heterocycles. The molecule has 1 aromatic rings. The molecule has 0 saturated carbocycles. The van der Waals surface area contributed by atoms with Crippen LogP contribution in [0.1, 0.15) is 24.0 Å². The quantitative estimate of drug-likeness (QED) is 0.684. The first-order valence-corrected chi connectivity index (χ1v) is 7.31. The van der Waals surface area contributed by atoms with E-state index in [1.54, 1.807) is 0 Å². The van der Waals surface area contributed by atoms with Crippen LogP contribution in [0.2, 0.25) is 0 Å². The zero-order valence-corrected chi connectivity index (χ0v) is 11.5. The van der Waals surface area contributed by atoms with Gasteiger partial charge in [0.1, 0.15) is 0 Å². The summed E-state index contributed by atoms with van der Waals surface area (Å²) in [6.07, 6.45) is 4.81. The number of benzene rings is 1. The monoisotopic (exact) mass is 318 g/mol. The predicted molar refractivity (Wildman–Crippen MR) is 70.7 cm³/mol. The summed E-state index contributed by atoms with van der Waals surface area (Å²) in [5.41, 5.74) is 2.90. The SMILES string of the molecule is BrCCCc1ccc(CCCBr)cc1. The van der Waals surface area contributed by atoms with Crippen molar-refractivity contribution in [3.63, 3.8) is 0 Å². The molecule has 0 bridgehead atoms. The van der Waals surface area contributed by atoms with Gasteiger partial charge in [0, 0.05) is 10.7 Å². The van der Waals surface area contributed by atoms with Gasteiger partial charge in [-0.3, -0.25) is 0 Å². The lowest BCUT2D eigenvalue weighted by molar-refractivity contribution is 0.920. The van der Waals surface area contributed by atoms with Crippen molar-refractivity contribution in [2.45, 2.75) is 25.7 Å². The fraction of sp³-hybridized carbons (Fsp3) is 0.500. The van der Waals surface area contributed by atoms with E-state index >= 15 is 0 Å². The maximum Gasteiger partial charge on any atom is 0.00344 e. The van der Waals surface area contributed by atoms with Crippen LogP contribution in [-0.2, 0) is 12.8 Å². The second kappa shape index (κ2) is 7.47. The minimum Gasteiger partial charge on any atom is -0.0928 e. The van der Waals surface area contributed by atoms with Crippen molar-refractivity contribution in [2.75, 3.05) is 10.7 Å². The average Bonchev–Trinajstić information content (AvgIpc) is 2.25. The molecule has 0 unspecified atom stereocenters. The average molecular weight is 320 g/mol. The van der Waals surface area contributed by atoms with Gasteiger partial charge in [-0.2, -0.15) is 0 Å². The fourth-order valence-corrected chi connectivity index (χ4v) is 1.98. The highest BCUT2D eigenvalue weighted by Gasteiger charge is 1.94. The Morgan fingerprint density at radius 3 is 1.36 bits per heavy atom. The van der Waals surface area contributed by atoms with Crippen LogP contribution in [0.5, 0.6) is 0 Å². The van der Waals surface area contributed by atoms with E-state index in [0.717, 1.165) is 10.7 Å². The van der Waals surface area contributed by atoms with Crippen molar-refractivity contribution in [2.24, 2.45) is 0 Å². The number of rotatable bonds is 6. The molecule has 0 heterocycles. The summed E-state index contributed by atoms with van der Waals surface area (Å²) >= 11 is 6.90. The molecule has 0 fully saturated rings. The van der Waals surface area contributed by atoms with Crippen LogP contribution in [0.25, 0.3) is 0 Å². The van der Waals surface area contributed by atoms with Crippen LogP contribution in [0.3, 0.4) is 0 Å². The molecule has 1 rings (SSSR count). The van der Waals surface area contributed by atoms with Crippen LogP contribution < -0.4 is 0 Å². The van der Waals surface area contributed by atoms with Gasteiger partial charge in [0.15, 0.2) is 0 Å². The van der Waals surface area contributed by atoms with Gasteiger partial charge in [-0.1, -0.05) is 56.1 Å². The van der Waals surface area contributed by atoms with Crippen LogP contribution >= 0.6 is 31.9 Å². The Bertz CT molecular complexity index is 214. The van der Waals surface area contributed by atoms with Crippen molar-refractivity contribution in [1.82, 2.24) is 0 Å². The lowest BCUT2D eigenvalue weighted by atomic mass is 10.1. The van der Waals surface area contributed by atoms with Crippen LogP contribution in [0, 0.1) is 0 Å². The van der Waals surface area contributed by atoms with Gasteiger partial charge in [-0.25, -0.2) is 0 Å². The molecule has 0 spiro atoms. The van der Waals surface area contributed by atoms with Crippen molar-refractivity contribution in [3.8, 4) is 0 Å². The standard InChI is InChI=1S/C12H16Br2/c13-9-1-3-11-5-7-12(8-6-11)4-2-10-14/h5-8H,1-4,9-10H2. The van der Waals surface area contributed by atoms with E-state index in [2.05, 4.69) is 56.1 Å². The summed E-state index contributed by atoms with van der Waals surface area (Å²) in [5.74, 6) is 0. The number of alkyl halides is 2. The Balaban J connectivity index is 2.42. The Morgan fingerprint density at radius 1 is 0.714 bits per heavy atom. The second-order valence-corrected chi connectivity index (χ2v) is 4.99. The summed E-state index contributed by atoms with van der Waals surface area (Å²) in [7, 11) is 0. The molecule has 0 radical (unpaired) electrons. The van der Waals surface area contributed by atoms with E-state index in [4.69, 9.17) is 0 Å². The molecular weight excluding hydrogens is 304 g/mol. The molecule has 0 saturated heterocycles. The normalized spacial score (nSPS) is 10.4. The van der Waals surface area contributed by atoms with E-state index in [9.17, 15) is 0 Å². The Labute approximate surface area is 103 Å². The predicted octanol–water partition coefficient (Wildman–Crippen LogP) is 4.34. The second-order valence-electron chi connectivity index (χ2n) is 3.40. The first-order valence-electron chi connectivity index (χ1n) is 5.06. The molecule has 2 heteroatoms. The van der Waals surface area contributed by atoms with E-state index in [1.807, 2.05) is 0 Å². The molecule has 0 N–H and O–H groups in total. The summed E-state index contributed by atoms with van der Waals surface area (Å²) in [4.78, 5) is 0. The van der Waals surface area contributed by atoms with Gasteiger partial charge in [0.2, 0.25) is 0 Å². The third kappa shape index (κ3) is 4.61. The Kier molecular flexibility index (Phi) is 6.54. The largest absolute Gasteiger partial charge is 0.0928 e. The van der Waals surface area contributed by atoms with Gasteiger partial charge in [-0.05, 0) is 36.8 Å². The number of hydrogen-bond donors (Lipinski definition) is 0. The third-order valence-electron chi connectivity index (χ3n) is 2.22. The number of halogens is 2. The van der Waals surface area contributed by atoms with Crippen molar-refractivity contribution in [3.05, 3.63) is 35.4 Å². The highest BCUT2D eigenvalue weighted by molar-refractivity contribution is 9.09. The molecular formula is C12H16Br2. The number of hydrogen-bond acceptors (Lipinski definition) is 0. The molecule has 0 aliphatic carbocycles. The van der Waals surface area contributed by atoms with Crippen LogP contribution in [-0.4, -0.2) is 10.7 Å². The lowest BCUT2D eigenvalue weighted by Crippen LogP contribution is -1.89. The maximum atomic E-state index is 3.45. The molecule has 0 aromatic heterocycles. The van der Waals surface area contributed by atoms with Crippen molar-refractivity contribution in [1.29, 1.82) is 0 Å². The van der Waals surface area contributed by atoms with Gasteiger partial charge < -0.3 is 0 Å². The van der Waals surface area contributed by atoms with Gasteiger partial charge >= 0.3 is 0 Å². The molecule has 0 aliphatic rings.